The molecule has 3 heterocycles. The van der Waals surface area contributed by atoms with Crippen LogP contribution in [-0.2, 0) is 15.9 Å². The van der Waals surface area contributed by atoms with Gasteiger partial charge in [0.15, 0.2) is 0 Å². The van der Waals surface area contributed by atoms with E-state index >= 15 is 0 Å². The van der Waals surface area contributed by atoms with E-state index in [0.717, 1.165) is 38.3 Å². The van der Waals surface area contributed by atoms with Gasteiger partial charge in [0, 0.05) is 42.7 Å². The fourth-order valence-corrected chi connectivity index (χ4v) is 3.99. The van der Waals surface area contributed by atoms with E-state index in [2.05, 4.69) is 28.2 Å². The summed E-state index contributed by atoms with van der Waals surface area (Å²) >= 11 is 0. The van der Waals surface area contributed by atoms with Gasteiger partial charge in [-0.25, -0.2) is 0 Å². The molecule has 0 spiro atoms. The van der Waals surface area contributed by atoms with Gasteiger partial charge in [0.2, 0.25) is 0 Å². The van der Waals surface area contributed by atoms with Crippen LogP contribution in [-0.4, -0.2) is 56.5 Å². The minimum Gasteiger partial charge on any atom is -0.379 e. The second-order valence-electron chi connectivity index (χ2n) is 7.54. The molecule has 0 bridgehead atoms. The summed E-state index contributed by atoms with van der Waals surface area (Å²) in [6, 6.07) is 10.0. The number of hydrogen-bond acceptors (Lipinski definition) is 5. The third-order valence-corrected chi connectivity index (χ3v) is 5.57. The van der Waals surface area contributed by atoms with E-state index in [1.165, 1.54) is 11.3 Å². The molecular formula is C22H27N3O3. The van der Waals surface area contributed by atoms with Gasteiger partial charge in [-0.05, 0) is 54.8 Å². The predicted molar refractivity (Wildman–Crippen MR) is 108 cm³/mol. The third-order valence-electron chi connectivity index (χ3n) is 5.57. The lowest BCUT2D eigenvalue weighted by Gasteiger charge is -2.30. The van der Waals surface area contributed by atoms with Gasteiger partial charge < -0.3 is 19.7 Å². The topological polar surface area (TPSA) is 63.7 Å². The molecule has 2 saturated heterocycles. The molecule has 2 fully saturated rings. The lowest BCUT2D eigenvalue weighted by molar-refractivity contribution is 0.0925. The van der Waals surface area contributed by atoms with E-state index in [1.54, 1.807) is 12.4 Å². The molecule has 4 rings (SSSR count). The van der Waals surface area contributed by atoms with E-state index in [-0.39, 0.29) is 17.9 Å². The lowest BCUT2D eigenvalue weighted by Crippen LogP contribution is -2.40. The molecule has 2 aromatic rings. The Hall–Kier alpha value is -2.44. The fraction of sp³-hybridized carbons (Fsp3) is 0.455. The summed E-state index contributed by atoms with van der Waals surface area (Å²) in [6.45, 7) is 6.58. The predicted octanol–water partition coefficient (Wildman–Crippen LogP) is 2.21. The average Bonchev–Trinajstić information content (AvgIpc) is 3.16. The van der Waals surface area contributed by atoms with Crippen molar-refractivity contribution in [2.45, 2.75) is 19.4 Å². The summed E-state index contributed by atoms with van der Waals surface area (Å²) in [4.78, 5) is 19.2. The third kappa shape index (κ3) is 4.34. The van der Waals surface area contributed by atoms with Gasteiger partial charge in [-0.3, -0.25) is 9.78 Å². The molecule has 2 aliphatic heterocycles. The Morgan fingerprint density at radius 3 is 2.68 bits per heavy atom. The fourth-order valence-electron chi connectivity index (χ4n) is 3.99. The van der Waals surface area contributed by atoms with Crippen LogP contribution in [0.2, 0.25) is 0 Å². The molecule has 0 aliphatic carbocycles. The number of carbonyl (C=O) groups is 1. The van der Waals surface area contributed by atoms with Crippen LogP contribution in [0.25, 0.3) is 0 Å². The Kier molecular flexibility index (Phi) is 5.88. The number of anilines is 1. The number of rotatable bonds is 5. The second-order valence-corrected chi connectivity index (χ2v) is 7.54. The number of carbonyl (C=O) groups excluding carboxylic acids is 1. The smallest absolute Gasteiger partial charge is 0.251 e. The zero-order valence-corrected chi connectivity index (χ0v) is 16.3. The normalized spacial score (nSPS) is 22.2. The quantitative estimate of drug-likeness (QED) is 0.860. The van der Waals surface area contributed by atoms with Crippen LogP contribution in [0.1, 0.15) is 21.5 Å². The molecule has 1 aromatic heterocycles. The molecule has 148 valence electrons. The molecule has 0 radical (unpaired) electrons. The first-order valence-corrected chi connectivity index (χ1v) is 9.91. The summed E-state index contributed by atoms with van der Waals surface area (Å²) in [6.07, 6.45) is 4.48. The number of ether oxygens (including phenoxy) is 2. The number of nitrogens with one attached hydrogen (secondary N) is 1. The van der Waals surface area contributed by atoms with Crippen molar-refractivity contribution in [1.82, 2.24) is 10.3 Å². The van der Waals surface area contributed by atoms with Gasteiger partial charge in [-0.15, -0.1) is 0 Å². The minimum absolute atomic E-state index is 0.0277. The van der Waals surface area contributed by atoms with E-state index in [0.29, 0.717) is 18.8 Å². The molecule has 6 nitrogen and oxygen atoms in total. The minimum atomic E-state index is -0.0353. The van der Waals surface area contributed by atoms with E-state index in [1.807, 2.05) is 24.3 Å². The maximum absolute atomic E-state index is 12.8. The van der Waals surface area contributed by atoms with Gasteiger partial charge in [0.1, 0.15) is 0 Å². The standard InChI is InChI=1S/C22H27N3O3/c1-16-12-18(2-3-21(16)25-8-10-27-11-9-25)22(26)24-20-15-28-14-19(20)13-17-4-6-23-7-5-17/h2-7,12,19-20H,8-11,13-15H2,1H3,(H,24,26)/t19-,20-/m1/s1. The summed E-state index contributed by atoms with van der Waals surface area (Å²) < 4.78 is 11.1. The maximum Gasteiger partial charge on any atom is 0.251 e. The highest BCUT2D eigenvalue weighted by Crippen LogP contribution is 2.23. The molecule has 6 heteroatoms. The first-order chi connectivity index (χ1) is 13.7. The number of hydrogen-bond donors (Lipinski definition) is 1. The highest BCUT2D eigenvalue weighted by Gasteiger charge is 2.30. The van der Waals surface area contributed by atoms with Crippen molar-refractivity contribution in [3.05, 3.63) is 59.4 Å². The van der Waals surface area contributed by atoms with Crippen LogP contribution in [0, 0.1) is 12.8 Å². The molecule has 2 atom stereocenters. The molecule has 1 N–H and O–H groups in total. The van der Waals surface area contributed by atoms with Crippen molar-refractivity contribution < 1.29 is 14.3 Å². The van der Waals surface area contributed by atoms with Crippen molar-refractivity contribution in [3.63, 3.8) is 0 Å². The van der Waals surface area contributed by atoms with Crippen LogP contribution >= 0.6 is 0 Å². The van der Waals surface area contributed by atoms with Crippen molar-refractivity contribution in [3.8, 4) is 0 Å². The van der Waals surface area contributed by atoms with Crippen molar-refractivity contribution >= 4 is 11.6 Å². The van der Waals surface area contributed by atoms with Crippen molar-refractivity contribution in [2.24, 2.45) is 5.92 Å². The van der Waals surface area contributed by atoms with E-state index in [4.69, 9.17) is 9.47 Å². The first-order valence-electron chi connectivity index (χ1n) is 9.91. The van der Waals surface area contributed by atoms with E-state index in [9.17, 15) is 4.79 Å². The summed E-state index contributed by atoms with van der Waals surface area (Å²) in [5, 5.41) is 3.18. The molecule has 0 unspecified atom stereocenters. The Morgan fingerprint density at radius 1 is 1.14 bits per heavy atom. The maximum atomic E-state index is 12.8. The van der Waals surface area contributed by atoms with Gasteiger partial charge in [0.25, 0.3) is 5.91 Å². The van der Waals surface area contributed by atoms with Crippen LogP contribution < -0.4 is 10.2 Å². The number of morpholine rings is 1. The summed E-state index contributed by atoms with van der Waals surface area (Å²) in [7, 11) is 0. The number of amides is 1. The Bertz CT molecular complexity index is 806. The Balaban J connectivity index is 1.40. The van der Waals surface area contributed by atoms with Gasteiger partial charge in [-0.2, -0.15) is 0 Å². The van der Waals surface area contributed by atoms with Crippen molar-refractivity contribution in [2.75, 3.05) is 44.4 Å². The largest absolute Gasteiger partial charge is 0.379 e. The van der Waals surface area contributed by atoms with Gasteiger partial charge >= 0.3 is 0 Å². The van der Waals surface area contributed by atoms with Crippen LogP contribution in [0.3, 0.4) is 0 Å². The highest BCUT2D eigenvalue weighted by atomic mass is 16.5. The number of nitrogens with zero attached hydrogens (tertiary/aromatic N) is 2. The van der Waals surface area contributed by atoms with Gasteiger partial charge in [-0.1, -0.05) is 0 Å². The van der Waals surface area contributed by atoms with Crippen LogP contribution in [0.4, 0.5) is 5.69 Å². The number of benzene rings is 1. The SMILES string of the molecule is Cc1cc(C(=O)N[C@@H]2COC[C@H]2Cc2ccncc2)ccc1N1CCOCC1. The molecular weight excluding hydrogens is 354 g/mol. The molecule has 0 saturated carbocycles. The second kappa shape index (κ2) is 8.71. The van der Waals surface area contributed by atoms with Crippen LogP contribution in [0.15, 0.2) is 42.7 Å². The monoisotopic (exact) mass is 381 g/mol. The lowest BCUT2D eigenvalue weighted by atomic mass is 9.95. The Morgan fingerprint density at radius 2 is 1.93 bits per heavy atom. The average molecular weight is 381 g/mol. The number of aryl methyl sites for hydroxylation is 1. The van der Waals surface area contributed by atoms with Crippen molar-refractivity contribution in [1.29, 1.82) is 0 Å². The first kappa shape index (κ1) is 18.9. The number of aromatic nitrogens is 1. The number of pyridine rings is 1. The Labute approximate surface area is 165 Å². The molecule has 1 aromatic carbocycles. The van der Waals surface area contributed by atoms with Gasteiger partial charge in [0.05, 0.1) is 32.5 Å². The molecule has 2 aliphatic rings. The molecule has 1 amide bonds. The van der Waals surface area contributed by atoms with Crippen LogP contribution in [0.5, 0.6) is 0 Å². The summed E-state index contributed by atoms with van der Waals surface area (Å²) in [5.41, 5.74) is 4.21. The zero-order valence-electron chi connectivity index (χ0n) is 16.3. The van der Waals surface area contributed by atoms with E-state index < -0.39 is 0 Å². The highest BCUT2D eigenvalue weighted by molar-refractivity contribution is 5.95. The summed E-state index contributed by atoms with van der Waals surface area (Å²) in [5.74, 6) is 0.243. The zero-order chi connectivity index (χ0) is 19.3. The molecule has 28 heavy (non-hydrogen) atoms.